The van der Waals surface area contributed by atoms with E-state index in [1.54, 1.807) is 0 Å². The Morgan fingerprint density at radius 3 is 2.12 bits per heavy atom. The number of urea groups is 1. The fourth-order valence-corrected chi connectivity index (χ4v) is 0.324. The van der Waals surface area contributed by atoms with Gasteiger partial charge in [-0.15, -0.1) is 0 Å². The van der Waals surface area contributed by atoms with E-state index >= 15 is 0 Å². The first-order valence-corrected chi connectivity index (χ1v) is 2.69. The Labute approximate surface area is 46.5 Å². The second-order valence-electron chi connectivity index (χ2n) is 0.810. The van der Waals surface area contributed by atoms with Crippen molar-refractivity contribution in [3.63, 3.8) is 0 Å². The van der Waals surface area contributed by atoms with Gasteiger partial charge in [-0.1, -0.05) is 0 Å². The molecule has 0 atom stereocenters. The van der Waals surface area contributed by atoms with Crippen molar-refractivity contribution in [2.24, 2.45) is 0 Å². The second kappa shape index (κ2) is 3.22. The fraction of sp³-hybridized carbons (Fsp3) is 0. The molecule has 0 aliphatic carbocycles. The van der Waals surface area contributed by atoms with Gasteiger partial charge < -0.3 is 0 Å². The maximum Gasteiger partial charge on any atom is 0.351 e. The lowest BCUT2D eigenvalue weighted by molar-refractivity contribution is 0.166. The molecule has 8 heavy (non-hydrogen) atoms. The van der Waals surface area contributed by atoms with Crippen LogP contribution in [-0.2, 0) is 10.9 Å². The third kappa shape index (κ3) is 3.37. The van der Waals surface area contributed by atoms with E-state index in [0.717, 1.165) is 5.48 Å². The molecule has 0 unspecified atom stereocenters. The van der Waals surface area contributed by atoms with Crippen LogP contribution >= 0.6 is 0 Å². The first kappa shape index (κ1) is 7.18. The van der Waals surface area contributed by atoms with E-state index in [2.05, 4.69) is 0 Å². The van der Waals surface area contributed by atoms with Gasteiger partial charge in [0.25, 0.3) is 0 Å². The average Bonchev–Trinajstić information content (AvgIpc) is 1.65. The molecule has 0 aromatic carbocycles. The fourth-order valence-electron chi connectivity index (χ4n) is 0.108. The largest absolute Gasteiger partial charge is 0.351 e. The predicted octanol–water partition coefficient (Wildman–Crippen LogP) is -1.80. The van der Waals surface area contributed by atoms with E-state index in [1.165, 1.54) is 4.72 Å². The van der Waals surface area contributed by atoms with Gasteiger partial charge in [0, 0.05) is 0 Å². The number of hydroxylamine groups is 1. The number of thiol groups is 1. The number of carbonyl (C=O) groups excluding carboxylic acids is 1. The van der Waals surface area contributed by atoms with Gasteiger partial charge in [-0.25, -0.2) is 23.4 Å². The molecule has 0 aliphatic rings. The Bertz CT molecular complexity index is 142. The number of rotatable bonds is 1. The van der Waals surface area contributed by atoms with Crippen LogP contribution in [0.3, 0.4) is 0 Å². The molecule has 0 rings (SSSR count). The molecule has 0 fully saturated rings. The first-order chi connectivity index (χ1) is 3.66. The Kier molecular flexibility index (Phi) is 2.89. The zero-order chi connectivity index (χ0) is 6.57. The maximum absolute atomic E-state index is 9.77. The van der Waals surface area contributed by atoms with Crippen molar-refractivity contribution in [3.8, 4) is 0 Å². The molecule has 0 saturated heterocycles. The van der Waals surface area contributed by atoms with Crippen molar-refractivity contribution in [3.05, 3.63) is 0 Å². The standard InChI is InChI=1S/CH4N2O4S/c4-1(2-5)3-8(6)7/h5,8H,(H2,2,3,4,6,7). The zero-order valence-corrected chi connectivity index (χ0v) is 4.51. The lowest BCUT2D eigenvalue weighted by Gasteiger charge is -1.89. The van der Waals surface area contributed by atoms with Crippen molar-refractivity contribution in [1.82, 2.24) is 10.2 Å². The van der Waals surface area contributed by atoms with Crippen LogP contribution in [0, 0.1) is 0 Å². The Morgan fingerprint density at radius 1 is 1.50 bits per heavy atom. The van der Waals surface area contributed by atoms with Crippen molar-refractivity contribution in [2.75, 3.05) is 0 Å². The second-order valence-corrected chi connectivity index (χ2v) is 1.55. The zero-order valence-electron chi connectivity index (χ0n) is 3.62. The van der Waals surface area contributed by atoms with E-state index in [1.807, 2.05) is 0 Å². The summed E-state index contributed by atoms with van der Waals surface area (Å²) >= 11 is 0. The summed E-state index contributed by atoms with van der Waals surface area (Å²) in [5, 5.41) is 7.65. The summed E-state index contributed by atoms with van der Waals surface area (Å²) in [7, 11) is -2.97. The molecule has 0 saturated carbocycles. The summed E-state index contributed by atoms with van der Waals surface area (Å²) in [6.45, 7) is 0. The monoisotopic (exact) mass is 140 g/mol. The van der Waals surface area contributed by atoms with Crippen molar-refractivity contribution in [2.45, 2.75) is 0 Å². The molecule has 6 nitrogen and oxygen atoms in total. The van der Waals surface area contributed by atoms with Crippen LogP contribution in [0.1, 0.15) is 0 Å². The molecule has 0 aromatic rings. The minimum atomic E-state index is -2.97. The van der Waals surface area contributed by atoms with Crippen molar-refractivity contribution < 1.29 is 18.4 Å². The Morgan fingerprint density at radius 2 is 2.00 bits per heavy atom. The van der Waals surface area contributed by atoms with E-state index in [4.69, 9.17) is 5.21 Å². The SMILES string of the molecule is O=C(NO)N[SH](=O)=O. The van der Waals surface area contributed by atoms with Gasteiger partial charge in [-0.3, -0.25) is 5.21 Å². The molecule has 48 valence electrons. The summed E-state index contributed by atoms with van der Waals surface area (Å²) < 4.78 is 20.4. The number of carbonyl (C=O) groups is 1. The van der Waals surface area contributed by atoms with Crippen molar-refractivity contribution >= 4 is 16.9 Å². The third-order valence-corrected chi connectivity index (χ3v) is 0.680. The quantitative estimate of drug-likeness (QED) is 0.196. The highest BCUT2D eigenvalue weighted by Crippen LogP contribution is 1.56. The number of hydrogen-bond donors (Lipinski definition) is 4. The molecule has 0 radical (unpaired) electrons. The third-order valence-electron chi connectivity index (χ3n) is 0.294. The first-order valence-electron chi connectivity index (χ1n) is 1.52. The van der Waals surface area contributed by atoms with Gasteiger partial charge in [-0.2, -0.15) is 0 Å². The highest BCUT2D eigenvalue weighted by molar-refractivity contribution is 7.70. The van der Waals surface area contributed by atoms with Gasteiger partial charge >= 0.3 is 6.03 Å². The molecule has 0 bridgehead atoms. The topological polar surface area (TPSA) is 95.5 Å². The number of nitrogens with one attached hydrogen (secondary N) is 2. The summed E-state index contributed by atoms with van der Waals surface area (Å²) in [5.41, 5.74) is 1.06. The van der Waals surface area contributed by atoms with Crippen LogP contribution < -0.4 is 10.2 Å². The summed E-state index contributed by atoms with van der Waals surface area (Å²) in [4.78, 5) is 9.77. The van der Waals surface area contributed by atoms with Crippen LogP contribution in [0.15, 0.2) is 0 Å². The van der Waals surface area contributed by atoms with Gasteiger partial charge in [-0.05, 0) is 0 Å². The number of hydrogen-bond acceptors (Lipinski definition) is 4. The smallest absolute Gasteiger partial charge is 0.287 e. The normalized spacial score (nSPS) is 8.75. The molecular formula is CH4N2O4S. The molecule has 3 N–H and O–H groups in total. The molecule has 2 amide bonds. The van der Waals surface area contributed by atoms with Crippen LogP contribution in [0.5, 0.6) is 0 Å². The van der Waals surface area contributed by atoms with Crippen LogP contribution in [0.25, 0.3) is 0 Å². The van der Waals surface area contributed by atoms with Gasteiger partial charge in [0.05, 0.1) is 0 Å². The lowest BCUT2D eigenvalue weighted by Crippen LogP contribution is -2.31. The molecular weight excluding hydrogens is 136 g/mol. The molecule has 0 aliphatic heterocycles. The Balaban J connectivity index is 3.56. The van der Waals surface area contributed by atoms with E-state index < -0.39 is 16.9 Å². The summed E-state index contributed by atoms with van der Waals surface area (Å²) in [5.74, 6) is 0. The minimum absolute atomic E-state index is 1.06. The van der Waals surface area contributed by atoms with E-state index in [0.29, 0.717) is 0 Å². The molecule has 0 heterocycles. The van der Waals surface area contributed by atoms with Gasteiger partial charge in [0.2, 0.25) is 10.9 Å². The van der Waals surface area contributed by atoms with Crippen LogP contribution in [-0.4, -0.2) is 19.7 Å². The van der Waals surface area contributed by atoms with Gasteiger partial charge in [0.15, 0.2) is 0 Å². The van der Waals surface area contributed by atoms with Crippen LogP contribution in [0.4, 0.5) is 4.79 Å². The Hall–Kier alpha value is -0.820. The highest BCUT2D eigenvalue weighted by Gasteiger charge is 1.92. The van der Waals surface area contributed by atoms with E-state index in [-0.39, 0.29) is 0 Å². The highest BCUT2D eigenvalue weighted by atomic mass is 32.2. The molecule has 0 spiro atoms. The molecule has 0 aromatic heterocycles. The molecule has 7 heteroatoms. The number of amides is 2. The van der Waals surface area contributed by atoms with Gasteiger partial charge in [0.1, 0.15) is 0 Å². The summed E-state index contributed by atoms with van der Waals surface area (Å²) in [6, 6.07) is -1.17. The summed E-state index contributed by atoms with van der Waals surface area (Å²) in [6.07, 6.45) is 0. The predicted molar refractivity (Wildman–Crippen MR) is 23.8 cm³/mol. The van der Waals surface area contributed by atoms with E-state index in [9.17, 15) is 13.2 Å². The van der Waals surface area contributed by atoms with Crippen LogP contribution in [0.2, 0.25) is 0 Å². The minimum Gasteiger partial charge on any atom is -0.287 e. The van der Waals surface area contributed by atoms with Crippen molar-refractivity contribution in [1.29, 1.82) is 0 Å². The average molecular weight is 140 g/mol. The lowest BCUT2D eigenvalue weighted by atomic mass is 11.2. The maximum atomic E-state index is 9.77.